The summed E-state index contributed by atoms with van der Waals surface area (Å²) in [7, 11) is 1.61. The number of aryl methyl sites for hydroxylation is 2. The van der Waals surface area contributed by atoms with Crippen LogP contribution >= 0.6 is 11.8 Å². The minimum absolute atomic E-state index is 0.0164. The van der Waals surface area contributed by atoms with Crippen molar-refractivity contribution in [3.8, 4) is 5.75 Å². The Labute approximate surface area is 165 Å². The zero-order chi connectivity index (χ0) is 19.8. The second kappa shape index (κ2) is 10.2. The molecule has 0 spiro atoms. The van der Waals surface area contributed by atoms with Gasteiger partial charge in [-0.15, -0.1) is 11.8 Å². The predicted molar refractivity (Wildman–Crippen MR) is 113 cm³/mol. The number of ether oxygens (including phenoxy) is 1. The first-order valence-corrected chi connectivity index (χ1v) is 10.3. The van der Waals surface area contributed by atoms with Crippen LogP contribution in [-0.2, 0) is 23.4 Å². The molecule has 0 radical (unpaired) electrons. The number of thioether (sulfide) groups is 1. The number of Topliss-reactive ketones (excluding diaryl/α,β-unsaturated/α-hetero) is 1. The molecule has 0 aliphatic heterocycles. The van der Waals surface area contributed by atoms with Crippen molar-refractivity contribution in [1.29, 1.82) is 0 Å². The number of ketones is 1. The number of rotatable bonds is 9. The lowest BCUT2D eigenvalue weighted by Gasteiger charge is -2.14. The summed E-state index contributed by atoms with van der Waals surface area (Å²) in [6, 6.07) is 11.6. The first-order valence-electron chi connectivity index (χ1n) is 9.16. The highest BCUT2D eigenvalue weighted by molar-refractivity contribution is 7.99. The Kier molecular flexibility index (Phi) is 7.92. The van der Waals surface area contributed by atoms with Gasteiger partial charge in [-0.05, 0) is 49.1 Å². The third kappa shape index (κ3) is 5.60. The number of carbonyl (C=O) groups is 2. The number of methoxy groups -OCH3 is 1. The summed E-state index contributed by atoms with van der Waals surface area (Å²) >= 11 is 1.51. The van der Waals surface area contributed by atoms with E-state index in [9.17, 15) is 9.59 Å². The molecule has 0 saturated heterocycles. The maximum Gasteiger partial charge on any atom is 0.234 e. The lowest BCUT2D eigenvalue weighted by atomic mass is 10.0. The van der Waals surface area contributed by atoms with Crippen LogP contribution in [0.5, 0.6) is 5.75 Å². The Balaban J connectivity index is 2.01. The molecule has 2 aromatic carbocycles. The molecule has 0 atom stereocenters. The number of benzene rings is 2. The largest absolute Gasteiger partial charge is 0.496 e. The highest BCUT2D eigenvalue weighted by Gasteiger charge is 2.12. The van der Waals surface area contributed by atoms with E-state index >= 15 is 0 Å². The molecule has 5 heteroatoms. The Hall–Kier alpha value is -2.27. The summed E-state index contributed by atoms with van der Waals surface area (Å²) in [6.07, 6.45) is 1.76. The molecule has 0 heterocycles. The SMILES string of the molecule is CCc1cccc(CC)c1NC(=O)CSCc1cc(C(C)=O)ccc1OC. The Bertz CT molecular complexity index is 795. The highest BCUT2D eigenvalue weighted by atomic mass is 32.2. The fourth-order valence-corrected chi connectivity index (χ4v) is 3.75. The van der Waals surface area contributed by atoms with Crippen LogP contribution in [0.15, 0.2) is 36.4 Å². The van der Waals surface area contributed by atoms with Gasteiger partial charge in [0.15, 0.2) is 5.78 Å². The van der Waals surface area contributed by atoms with E-state index in [1.165, 1.54) is 11.8 Å². The first-order chi connectivity index (χ1) is 13.0. The van der Waals surface area contributed by atoms with Gasteiger partial charge in [0.25, 0.3) is 0 Å². The van der Waals surface area contributed by atoms with Crippen molar-refractivity contribution in [2.75, 3.05) is 18.2 Å². The van der Waals surface area contributed by atoms with Gasteiger partial charge in [-0.25, -0.2) is 0 Å². The van der Waals surface area contributed by atoms with E-state index in [1.807, 2.05) is 12.1 Å². The van der Waals surface area contributed by atoms with Gasteiger partial charge in [0, 0.05) is 22.6 Å². The maximum absolute atomic E-state index is 12.5. The molecule has 2 rings (SSSR count). The Morgan fingerprint density at radius 2 is 1.70 bits per heavy atom. The fourth-order valence-electron chi connectivity index (χ4n) is 2.94. The molecule has 0 aliphatic rings. The normalized spacial score (nSPS) is 10.5. The van der Waals surface area contributed by atoms with Crippen LogP contribution in [0.25, 0.3) is 0 Å². The summed E-state index contributed by atoms with van der Waals surface area (Å²) < 4.78 is 5.37. The van der Waals surface area contributed by atoms with E-state index < -0.39 is 0 Å². The Morgan fingerprint density at radius 1 is 1.04 bits per heavy atom. The van der Waals surface area contributed by atoms with Crippen LogP contribution in [0.2, 0.25) is 0 Å². The average Bonchev–Trinajstić information content (AvgIpc) is 2.67. The molecule has 27 heavy (non-hydrogen) atoms. The van der Waals surface area contributed by atoms with Crippen LogP contribution in [0.3, 0.4) is 0 Å². The van der Waals surface area contributed by atoms with Crippen molar-refractivity contribution in [3.05, 3.63) is 58.7 Å². The average molecular weight is 386 g/mol. The van der Waals surface area contributed by atoms with Gasteiger partial charge in [0.05, 0.1) is 12.9 Å². The molecule has 0 unspecified atom stereocenters. The summed E-state index contributed by atoms with van der Waals surface area (Å²) in [5.74, 6) is 1.68. The topological polar surface area (TPSA) is 55.4 Å². The number of para-hydroxylation sites is 1. The summed E-state index contributed by atoms with van der Waals surface area (Å²) in [4.78, 5) is 24.0. The van der Waals surface area contributed by atoms with E-state index in [1.54, 1.807) is 26.2 Å². The van der Waals surface area contributed by atoms with Gasteiger partial charge in [-0.1, -0.05) is 32.0 Å². The zero-order valence-electron chi connectivity index (χ0n) is 16.4. The van der Waals surface area contributed by atoms with Crippen molar-refractivity contribution in [1.82, 2.24) is 0 Å². The summed E-state index contributed by atoms with van der Waals surface area (Å²) in [6.45, 7) is 5.73. The maximum atomic E-state index is 12.5. The molecule has 1 amide bonds. The lowest BCUT2D eigenvalue weighted by Crippen LogP contribution is -2.17. The smallest absolute Gasteiger partial charge is 0.234 e. The van der Waals surface area contributed by atoms with E-state index in [2.05, 4.69) is 31.3 Å². The molecule has 0 bridgehead atoms. The fraction of sp³-hybridized carbons (Fsp3) is 0.364. The minimum Gasteiger partial charge on any atom is -0.496 e. The van der Waals surface area contributed by atoms with E-state index in [-0.39, 0.29) is 11.7 Å². The molecule has 0 fully saturated rings. The number of hydrogen-bond donors (Lipinski definition) is 1. The van der Waals surface area contributed by atoms with Crippen molar-refractivity contribution in [2.45, 2.75) is 39.4 Å². The van der Waals surface area contributed by atoms with Gasteiger partial charge < -0.3 is 10.1 Å². The van der Waals surface area contributed by atoms with E-state index in [0.717, 1.165) is 41.0 Å². The number of carbonyl (C=O) groups excluding carboxylic acids is 2. The highest BCUT2D eigenvalue weighted by Crippen LogP contribution is 2.26. The monoisotopic (exact) mass is 385 g/mol. The number of anilines is 1. The second-order valence-corrected chi connectivity index (χ2v) is 7.27. The molecule has 2 aromatic rings. The third-order valence-corrected chi connectivity index (χ3v) is 5.42. The van der Waals surface area contributed by atoms with Crippen LogP contribution < -0.4 is 10.1 Å². The van der Waals surface area contributed by atoms with E-state index in [4.69, 9.17) is 4.74 Å². The van der Waals surface area contributed by atoms with Crippen LogP contribution in [0.4, 0.5) is 5.69 Å². The molecule has 0 aliphatic carbocycles. The van der Waals surface area contributed by atoms with Crippen molar-refractivity contribution < 1.29 is 14.3 Å². The number of hydrogen-bond acceptors (Lipinski definition) is 4. The van der Waals surface area contributed by atoms with Gasteiger partial charge >= 0.3 is 0 Å². The molecule has 144 valence electrons. The van der Waals surface area contributed by atoms with Crippen molar-refractivity contribution in [3.63, 3.8) is 0 Å². The minimum atomic E-state index is -0.0164. The summed E-state index contributed by atoms with van der Waals surface area (Å²) in [5.41, 5.74) is 4.84. The summed E-state index contributed by atoms with van der Waals surface area (Å²) in [5, 5.41) is 3.08. The van der Waals surface area contributed by atoms with Crippen molar-refractivity contribution in [2.24, 2.45) is 0 Å². The quantitative estimate of drug-likeness (QED) is 0.624. The molecule has 0 saturated carbocycles. The Morgan fingerprint density at radius 3 is 2.26 bits per heavy atom. The third-order valence-electron chi connectivity index (χ3n) is 4.44. The first kappa shape index (κ1) is 21.0. The van der Waals surface area contributed by atoms with Gasteiger partial charge in [-0.2, -0.15) is 0 Å². The lowest BCUT2D eigenvalue weighted by molar-refractivity contribution is -0.113. The molecule has 4 nitrogen and oxygen atoms in total. The molecular weight excluding hydrogens is 358 g/mol. The van der Waals surface area contributed by atoms with Crippen LogP contribution in [-0.4, -0.2) is 24.6 Å². The van der Waals surface area contributed by atoms with Crippen molar-refractivity contribution >= 4 is 29.1 Å². The second-order valence-electron chi connectivity index (χ2n) is 6.28. The molecule has 1 N–H and O–H groups in total. The zero-order valence-corrected chi connectivity index (χ0v) is 17.2. The van der Waals surface area contributed by atoms with Gasteiger partial charge in [0.2, 0.25) is 5.91 Å². The van der Waals surface area contributed by atoms with Crippen LogP contribution in [0.1, 0.15) is 47.8 Å². The standard InChI is InChI=1S/C22H27NO3S/c1-5-16-8-7-9-17(6-2)22(16)23-21(25)14-27-13-19-12-18(15(3)24)10-11-20(19)26-4/h7-12H,5-6,13-14H2,1-4H3,(H,23,25). The molecular formula is C22H27NO3S. The van der Waals surface area contributed by atoms with E-state index in [0.29, 0.717) is 17.1 Å². The number of nitrogens with one attached hydrogen (secondary N) is 1. The van der Waals surface area contributed by atoms with Gasteiger partial charge in [0.1, 0.15) is 5.75 Å². The van der Waals surface area contributed by atoms with Crippen LogP contribution in [0, 0.1) is 0 Å². The number of amides is 1. The predicted octanol–water partition coefficient (Wildman–Crippen LogP) is 4.89. The van der Waals surface area contributed by atoms with Gasteiger partial charge in [-0.3, -0.25) is 9.59 Å². The molecule has 0 aromatic heterocycles.